The molecule has 0 heterocycles. The minimum Gasteiger partial charge on any atom is -0.449 e. The summed E-state index contributed by atoms with van der Waals surface area (Å²) >= 11 is 5.99. The summed E-state index contributed by atoms with van der Waals surface area (Å²) in [7, 11) is 1.81. The molecule has 0 radical (unpaired) electrons. The van der Waals surface area contributed by atoms with E-state index in [0.29, 0.717) is 22.9 Å². The summed E-state index contributed by atoms with van der Waals surface area (Å²) in [6, 6.07) is 10.1. The van der Waals surface area contributed by atoms with Crippen LogP contribution in [-0.4, -0.2) is 12.0 Å². The third-order valence-corrected chi connectivity index (χ3v) is 3.23. The zero-order chi connectivity index (χ0) is 15.4. The number of nitro benzene ring substituents is 1. The van der Waals surface area contributed by atoms with Gasteiger partial charge in [-0.3, -0.25) is 10.1 Å². The Labute approximate surface area is 127 Å². The number of nitrogens with zero attached hydrogens (tertiary/aromatic N) is 1. The maximum Gasteiger partial charge on any atom is 0.311 e. The van der Waals surface area contributed by atoms with Gasteiger partial charge in [0, 0.05) is 23.2 Å². The molecule has 6 heteroatoms. The molecule has 110 valence electrons. The van der Waals surface area contributed by atoms with Crippen molar-refractivity contribution in [3.63, 3.8) is 0 Å². The average Bonchev–Trinajstić information content (AvgIpc) is 2.44. The van der Waals surface area contributed by atoms with Crippen LogP contribution >= 0.6 is 11.6 Å². The van der Waals surface area contributed by atoms with E-state index in [1.807, 2.05) is 13.1 Å². The molecule has 5 nitrogen and oxygen atoms in total. The summed E-state index contributed by atoms with van der Waals surface area (Å²) in [5.74, 6) is 0.747. The van der Waals surface area contributed by atoms with Crippen LogP contribution in [0.15, 0.2) is 36.4 Å². The first-order chi connectivity index (χ1) is 10.0. The molecule has 0 aliphatic rings. The number of rotatable bonds is 5. The van der Waals surface area contributed by atoms with Crippen molar-refractivity contribution in [2.45, 2.75) is 13.5 Å². The standard InChI is InChI=1S/C15H15ClN2O3/c1-10-4-3-5-13(18(19)20)15(10)21-14-8-12(16)7-6-11(14)9-17-2/h3-8,17H,9H2,1-2H3. The fourth-order valence-corrected chi connectivity index (χ4v) is 2.15. The molecule has 0 aliphatic carbocycles. The highest BCUT2D eigenvalue weighted by Crippen LogP contribution is 2.36. The second-order valence-corrected chi connectivity index (χ2v) is 5.00. The van der Waals surface area contributed by atoms with Gasteiger partial charge in [0.2, 0.25) is 5.75 Å². The van der Waals surface area contributed by atoms with Crippen molar-refractivity contribution in [2.24, 2.45) is 0 Å². The van der Waals surface area contributed by atoms with E-state index in [1.54, 1.807) is 31.2 Å². The molecule has 0 amide bonds. The van der Waals surface area contributed by atoms with E-state index < -0.39 is 4.92 Å². The number of para-hydroxylation sites is 1. The van der Waals surface area contributed by atoms with Crippen LogP contribution in [0.1, 0.15) is 11.1 Å². The normalized spacial score (nSPS) is 10.4. The van der Waals surface area contributed by atoms with E-state index >= 15 is 0 Å². The molecule has 2 aromatic carbocycles. The van der Waals surface area contributed by atoms with Gasteiger partial charge >= 0.3 is 5.69 Å². The molecular weight excluding hydrogens is 292 g/mol. The Morgan fingerprint density at radius 3 is 2.76 bits per heavy atom. The summed E-state index contributed by atoms with van der Waals surface area (Å²) in [6.07, 6.45) is 0. The topological polar surface area (TPSA) is 64.4 Å². The van der Waals surface area contributed by atoms with Crippen LogP contribution in [0.3, 0.4) is 0 Å². The second-order valence-electron chi connectivity index (χ2n) is 4.56. The Kier molecular flexibility index (Phi) is 4.77. The predicted octanol–water partition coefficient (Wildman–Crippen LogP) is 4.07. The maximum absolute atomic E-state index is 11.1. The lowest BCUT2D eigenvalue weighted by molar-refractivity contribution is -0.385. The van der Waals surface area contributed by atoms with Gasteiger partial charge in [0.1, 0.15) is 5.75 Å². The minimum atomic E-state index is -0.454. The summed E-state index contributed by atoms with van der Waals surface area (Å²) in [6.45, 7) is 2.34. The molecule has 0 bridgehead atoms. The number of benzene rings is 2. The van der Waals surface area contributed by atoms with E-state index in [0.717, 1.165) is 5.56 Å². The predicted molar refractivity (Wildman–Crippen MR) is 82.1 cm³/mol. The largest absolute Gasteiger partial charge is 0.449 e. The highest BCUT2D eigenvalue weighted by atomic mass is 35.5. The lowest BCUT2D eigenvalue weighted by Crippen LogP contribution is -2.06. The van der Waals surface area contributed by atoms with Gasteiger partial charge in [-0.25, -0.2) is 0 Å². The Bertz CT molecular complexity index is 674. The van der Waals surface area contributed by atoms with Crippen molar-refractivity contribution in [1.82, 2.24) is 5.32 Å². The van der Waals surface area contributed by atoms with Crippen LogP contribution < -0.4 is 10.1 Å². The van der Waals surface area contributed by atoms with E-state index in [-0.39, 0.29) is 11.4 Å². The molecule has 0 atom stereocenters. The second kappa shape index (κ2) is 6.56. The molecule has 21 heavy (non-hydrogen) atoms. The lowest BCUT2D eigenvalue weighted by Gasteiger charge is -2.13. The van der Waals surface area contributed by atoms with E-state index in [1.165, 1.54) is 6.07 Å². The van der Waals surface area contributed by atoms with Crippen LogP contribution in [0.25, 0.3) is 0 Å². The molecule has 0 spiro atoms. The first-order valence-electron chi connectivity index (χ1n) is 6.38. The Morgan fingerprint density at radius 1 is 1.33 bits per heavy atom. The summed E-state index contributed by atoms with van der Waals surface area (Å²) in [4.78, 5) is 10.7. The molecular formula is C15H15ClN2O3. The highest BCUT2D eigenvalue weighted by Gasteiger charge is 2.19. The first kappa shape index (κ1) is 15.3. The van der Waals surface area contributed by atoms with Gasteiger partial charge in [0.25, 0.3) is 0 Å². The lowest BCUT2D eigenvalue weighted by atomic mass is 10.1. The molecule has 0 unspecified atom stereocenters. The average molecular weight is 307 g/mol. The van der Waals surface area contributed by atoms with Crippen LogP contribution in [0, 0.1) is 17.0 Å². The highest BCUT2D eigenvalue weighted by molar-refractivity contribution is 6.30. The van der Waals surface area contributed by atoms with Crippen molar-refractivity contribution in [1.29, 1.82) is 0 Å². The van der Waals surface area contributed by atoms with Crippen molar-refractivity contribution >= 4 is 17.3 Å². The fourth-order valence-electron chi connectivity index (χ4n) is 1.98. The molecule has 0 aromatic heterocycles. The first-order valence-corrected chi connectivity index (χ1v) is 6.75. The maximum atomic E-state index is 11.1. The Balaban J connectivity index is 2.47. The number of hydrogen-bond donors (Lipinski definition) is 1. The zero-order valence-corrected chi connectivity index (χ0v) is 12.5. The Morgan fingerprint density at radius 2 is 2.10 bits per heavy atom. The minimum absolute atomic E-state index is 0.0645. The SMILES string of the molecule is CNCc1ccc(Cl)cc1Oc1c(C)cccc1[N+](=O)[O-]. The monoisotopic (exact) mass is 306 g/mol. The van der Waals surface area contributed by atoms with E-state index in [9.17, 15) is 10.1 Å². The molecule has 0 fully saturated rings. The summed E-state index contributed by atoms with van der Waals surface area (Å²) in [5, 5.41) is 14.7. The van der Waals surface area contributed by atoms with Gasteiger partial charge in [-0.1, -0.05) is 29.8 Å². The number of ether oxygens (including phenoxy) is 1. The zero-order valence-electron chi connectivity index (χ0n) is 11.7. The number of nitro groups is 1. The van der Waals surface area contributed by atoms with Gasteiger partial charge in [-0.15, -0.1) is 0 Å². The van der Waals surface area contributed by atoms with Gasteiger partial charge in [-0.05, 0) is 31.7 Å². The molecule has 1 N–H and O–H groups in total. The third-order valence-electron chi connectivity index (χ3n) is 3.00. The van der Waals surface area contributed by atoms with Gasteiger partial charge in [-0.2, -0.15) is 0 Å². The Hall–Kier alpha value is -2.11. The van der Waals surface area contributed by atoms with Crippen molar-refractivity contribution in [2.75, 3.05) is 7.05 Å². The van der Waals surface area contributed by atoms with Crippen molar-refractivity contribution in [3.8, 4) is 11.5 Å². The number of halogens is 1. The summed E-state index contributed by atoms with van der Waals surface area (Å²) in [5.41, 5.74) is 1.50. The summed E-state index contributed by atoms with van der Waals surface area (Å²) < 4.78 is 5.80. The van der Waals surface area contributed by atoms with Crippen molar-refractivity contribution in [3.05, 3.63) is 62.7 Å². The van der Waals surface area contributed by atoms with Gasteiger partial charge in [0.05, 0.1) is 4.92 Å². The van der Waals surface area contributed by atoms with Crippen molar-refractivity contribution < 1.29 is 9.66 Å². The van der Waals surface area contributed by atoms with E-state index in [4.69, 9.17) is 16.3 Å². The van der Waals surface area contributed by atoms with E-state index in [2.05, 4.69) is 5.32 Å². The van der Waals surface area contributed by atoms with Crippen LogP contribution in [0.2, 0.25) is 5.02 Å². The number of hydrogen-bond acceptors (Lipinski definition) is 4. The molecule has 2 aromatic rings. The number of aryl methyl sites for hydroxylation is 1. The molecule has 0 aliphatic heterocycles. The fraction of sp³-hybridized carbons (Fsp3) is 0.200. The van der Waals surface area contributed by atoms with Crippen LogP contribution in [0.5, 0.6) is 11.5 Å². The molecule has 0 saturated heterocycles. The molecule has 0 saturated carbocycles. The van der Waals surface area contributed by atoms with Crippen LogP contribution in [0.4, 0.5) is 5.69 Å². The van der Waals surface area contributed by atoms with Gasteiger partial charge < -0.3 is 10.1 Å². The number of nitrogens with one attached hydrogen (secondary N) is 1. The third kappa shape index (κ3) is 3.51. The smallest absolute Gasteiger partial charge is 0.311 e. The van der Waals surface area contributed by atoms with Crippen LogP contribution in [-0.2, 0) is 6.54 Å². The quantitative estimate of drug-likeness (QED) is 0.668. The molecule has 2 rings (SSSR count). The van der Waals surface area contributed by atoms with Gasteiger partial charge in [0.15, 0.2) is 0 Å².